The zero-order valence-electron chi connectivity index (χ0n) is 13.0. The largest absolute Gasteiger partial charge is 0.313 e. The van der Waals surface area contributed by atoms with Gasteiger partial charge in [0.1, 0.15) is 0 Å². The van der Waals surface area contributed by atoms with Gasteiger partial charge in [0.05, 0.1) is 0 Å². The molecule has 21 heavy (non-hydrogen) atoms. The molecular formula is C18H27BrN2. The Balaban J connectivity index is 1.54. The van der Waals surface area contributed by atoms with Crippen LogP contribution >= 0.6 is 15.9 Å². The van der Waals surface area contributed by atoms with Crippen LogP contribution in [0, 0.1) is 11.8 Å². The molecule has 2 aliphatic rings. The number of halogens is 1. The van der Waals surface area contributed by atoms with Gasteiger partial charge in [0.25, 0.3) is 0 Å². The average Bonchev–Trinajstić information content (AvgIpc) is 3.35. The van der Waals surface area contributed by atoms with Crippen molar-refractivity contribution in [3.63, 3.8) is 0 Å². The van der Waals surface area contributed by atoms with Gasteiger partial charge >= 0.3 is 0 Å². The molecule has 0 aliphatic heterocycles. The van der Waals surface area contributed by atoms with Crippen LogP contribution in [0.2, 0.25) is 0 Å². The van der Waals surface area contributed by atoms with Gasteiger partial charge in [0.2, 0.25) is 0 Å². The van der Waals surface area contributed by atoms with E-state index in [1.807, 2.05) is 0 Å². The summed E-state index contributed by atoms with van der Waals surface area (Å²) in [6, 6.07) is 9.17. The van der Waals surface area contributed by atoms with E-state index in [1.54, 1.807) is 0 Å². The number of nitrogens with one attached hydrogen (secondary N) is 1. The van der Waals surface area contributed by atoms with E-state index in [2.05, 4.69) is 57.5 Å². The van der Waals surface area contributed by atoms with Gasteiger partial charge in [0, 0.05) is 23.6 Å². The Morgan fingerprint density at radius 3 is 2.38 bits per heavy atom. The third kappa shape index (κ3) is 5.08. The van der Waals surface area contributed by atoms with Gasteiger partial charge in [-0.05, 0) is 75.2 Å². The van der Waals surface area contributed by atoms with E-state index < -0.39 is 0 Å². The molecule has 1 aromatic carbocycles. The van der Waals surface area contributed by atoms with Crippen molar-refractivity contribution in [2.24, 2.45) is 11.8 Å². The first-order chi connectivity index (χ1) is 10.2. The zero-order valence-corrected chi connectivity index (χ0v) is 14.6. The molecule has 2 fully saturated rings. The minimum absolute atomic E-state index is 0.461. The van der Waals surface area contributed by atoms with Crippen LogP contribution in [0.5, 0.6) is 0 Å². The lowest BCUT2D eigenvalue weighted by Gasteiger charge is -2.25. The van der Waals surface area contributed by atoms with Crippen LogP contribution in [0.25, 0.3) is 0 Å². The van der Waals surface area contributed by atoms with Gasteiger partial charge in [-0.1, -0.05) is 28.1 Å². The third-order valence-corrected chi connectivity index (χ3v) is 5.25. The first-order valence-electron chi connectivity index (χ1n) is 8.39. The predicted molar refractivity (Wildman–Crippen MR) is 92.4 cm³/mol. The monoisotopic (exact) mass is 350 g/mol. The van der Waals surface area contributed by atoms with Gasteiger partial charge in [-0.15, -0.1) is 0 Å². The van der Waals surface area contributed by atoms with Gasteiger partial charge in [0.15, 0.2) is 0 Å². The van der Waals surface area contributed by atoms with E-state index in [-0.39, 0.29) is 0 Å². The summed E-state index contributed by atoms with van der Waals surface area (Å²) < 4.78 is 1.17. The number of benzene rings is 1. The predicted octanol–water partition coefficient (Wildman–Crippen LogP) is 4.22. The molecule has 0 saturated heterocycles. The van der Waals surface area contributed by atoms with Crippen molar-refractivity contribution >= 4 is 15.9 Å². The first kappa shape index (κ1) is 15.5. The zero-order chi connectivity index (χ0) is 14.7. The Kier molecular flexibility index (Phi) is 5.36. The smallest absolute Gasteiger partial charge is 0.0330 e. The lowest BCUT2D eigenvalue weighted by Crippen LogP contribution is -2.32. The summed E-state index contributed by atoms with van der Waals surface area (Å²) in [7, 11) is 2.08. The second kappa shape index (κ2) is 7.26. The van der Waals surface area contributed by atoms with E-state index in [1.165, 1.54) is 61.8 Å². The van der Waals surface area contributed by atoms with E-state index in [4.69, 9.17) is 0 Å². The van der Waals surface area contributed by atoms with Crippen LogP contribution in [0.4, 0.5) is 0 Å². The highest BCUT2D eigenvalue weighted by molar-refractivity contribution is 9.10. The van der Waals surface area contributed by atoms with Gasteiger partial charge in [-0.25, -0.2) is 0 Å². The van der Waals surface area contributed by atoms with Gasteiger partial charge in [-0.3, -0.25) is 0 Å². The SMILES string of the molecule is CNC(CCN(CC1CC1)CC1CC1)c1cccc(Br)c1. The fourth-order valence-corrected chi connectivity index (χ4v) is 3.52. The fourth-order valence-electron chi connectivity index (χ4n) is 3.10. The average molecular weight is 351 g/mol. The standard InChI is InChI=1S/C18H27BrN2/c1-20-18(16-3-2-4-17(19)11-16)9-10-21(12-14-5-6-14)13-15-7-8-15/h2-4,11,14-15,18,20H,5-10,12-13H2,1H3. The van der Waals surface area contributed by atoms with Crippen molar-refractivity contribution in [3.05, 3.63) is 34.3 Å². The Morgan fingerprint density at radius 2 is 1.86 bits per heavy atom. The summed E-state index contributed by atoms with van der Waals surface area (Å²) >= 11 is 3.58. The summed E-state index contributed by atoms with van der Waals surface area (Å²) in [6.45, 7) is 3.90. The number of hydrogen-bond donors (Lipinski definition) is 1. The van der Waals surface area contributed by atoms with Crippen LogP contribution in [-0.4, -0.2) is 31.6 Å². The van der Waals surface area contributed by atoms with Crippen LogP contribution in [-0.2, 0) is 0 Å². The van der Waals surface area contributed by atoms with Crippen molar-refractivity contribution in [2.75, 3.05) is 26.7 Å². The summed E-state index contributed by atoms with van der Waals surface area (Å²) in [5.41, 5.74) is 1.39. The molecule has 0 spiro atoms. The molecule has 2 saturated carbocycles. The molecule has 116 valence electrons. The Morgan fingerprint density at radius 1 is 1.19 bits per heavy atom. The number of rotatable bonds is 9. The number of nitrogens with zero attached hydrogens (tertiary/aromatic N) is 1. The Hall–Kier alpha value is -0.380. The van der Waals surface area contributed by atoms with Crippen molar-refractivity contribution in [1.29, 1.82) is 0 Å². The minimum Gasteiger partial charge on any atom is -0.313 e. The van der Waals surface area contributed by atoms with Crippen LogP contribution in [0.15, 0.2) is 28.7 Å². The van der Waals surface area contributed by atoms with Gasteiger partial charge in [-0.2, -0.15) is 0 Å². The normalized spacial score (nSPS) is 20.0. The molecule has 1 aromatic rings. The molecule has 0 radical (unpaired) electrons. The highest BCUT2D eigenvalue weighted by Crippen LogP contribution is 2.34. The highest BCUT2D eigenvalue weighted by atomic mass is 79.9. The summed E-state index contributed by atoms with van der Waals surface area (Å²) in [5, 5.41) is 3.49. The molecule has 0 aromatic heterocycles. The molecule has 2 nitrogen and oxygen atoms in total. The first-order valence-corrected chi connectivity index (χ1v) is 9.19. The molecule has 1 atom stereocenters. The molecule has 3 heteroatoms. The quantitative estimate of drug-likeness (QED) is 0.717. The highest BCUT2D eigenvalue weighted by Gasteiger charge is 2.29. The van der Waals surface area contributed by atoms with Crippen molar-refractivity contribution in [2.45, 2.75) is 38.1 Å². The molecule has 0 heterocycles. The molecule has 2 aliphatic carbocycles. The van der Waals surface area contributed by atoms with Crippen molar-refractivity contribution in [3.8, 4) is 0 Å². The summed E-state index contributed by atoms with van der Waals surface area (Å²) in [6.07, 6.45) is 7.04. The minimum atomic E-state index is 0.461. The summed E-state index contributed by atoms with van der Waals surface area (Å²) in [5.74, 6) is 2.00. The van der Waals surface area contributed by atoms with Gasteiger partial charge < -0.3 is 10.2 Å². The maximum Gasteiger partial charge on any atom is 0.0330 e. The maximum absolute atomic E-state index is 3.58. The second-order valence-electron chi connectivity index (χ2n) is 6.83. The van der Waals surface area contributed by atoms with E-state index in [0.29, 0.717) is 6.04 Å². The topological polar surface area (TPSA) is 15.3 Å². The molecule has 1 N–H and O–H groups in total. The van der Waals surface area contributed by atoms with Crippen LogP contribution in [0.3, 0.4) is 0 Å². The summed E-state index contributed by atoms with van der Waals surface area (Å²) in [4.78, 5) is 2.73. The fraction of sp³-hybridized carbons (Fsp3) is 0.667. The third-order valence-electron chi connectivity index (χ3n) is 4.76. The number of hydrogen-bond acceptors (Lipinski definition) is 2. The van der Waals surface area contributed by atoms with E-state index in [9.17, 15) is 0 Å². The second-order valence-corrected chi connectivity index (χ2v) is 7.75. The lowest BCUT2D eigenvalue weighted by atomic mass is 10.0. The molecule has 0 amide bonds. The Labute approximate surface area is 137 Å². The lowest BCUT2D eigenvalue weighted by molar-refractivity contribution is 0.239. The molecule has 1 unspecified atom stereocenters. The van der Waals surface area contributed by atoms with Crippen LogP contribution < -0.4 is 5.32 Å². The molecule has 0 bridgehead atoms. The maximum atomic E-state index is 3.58. The molecular weight excluding hydrogens is 324 g/mol. The van der Waals surface area contributed by atoms with Crippen molar-refractivity contribution in [1.82, 2.24) is 10.2 Å². The molecule has 3 rings (SSSR count). The Bertz CT molecular complexity index is 440. The van der Waals surface area contributed by atoms with E-state index in [0.717, 1.165) is 11.8 Å². The van der Waals surface area contributed by atoms with E-state index >= 15 is 0 Å². The van der Waals surface area contributed by atoms with Crippen molar-refractivity contribution < 1.29 is 0 Å². The van der Waals surface area contributed by atoms with Crippen LogP contribution in [0.1, 0.15) is 43.7 Å².